The second-order valence-corrected chi connectivity index (χ2v) is 13.3. The quantitative estimate of drug-likeness (QED) is 0.190. The fourth-order valence-electron chi connectivity index (χ4n) is 8.45. The molecule has 51 heavy (non-hydrogen) atoms. The number of aromatic nitrogens is 5. The van der Waals surface area contributed by atoms with Crippen LogP contribution in [0.15, 0.2) is 168 Å². The molecule has 0 fully saturated rings. The van der Waals surface area contributed by atoms with Crippen LogP contribution < -0.4 is 0 Å². The predicted octanol–water partition coefficient (Wildman–Crippen LogP) is 11.4. The fraction of sp³-hybridized carbons (Fsp3) is 0. The third kappa shape index (κ3) is 3.52. The second kappa shape index (κ2) is 9.77. The Balaban J connectivity index is 1.14. The fourth-order valence-corrected chi connectivity index (χ4v) is 8.45. The van der Waals surface area contributed by atoms with Crippen LogP contribution in [0.1, 0.15) is 0 Å². The first-order chi connectivity index (χ1) is 25.3. The number of imidazole rings is 2. The van der Waals surface area contributed by atoms with E-state index < -0.39 is 0 Å². The molecular weight excluding hydrogens is 627 g/mol. The van der Waals surface area contributed by atoms with Gasteiger partial charge in [0, 0.05) is 27.2 Å². The summed E-state index contributed by atoms with van der Waals surface area (Å²) in [5.41, 5.74) is 12.6. The molecule has 0 saturated carbocycles. The van der Waals surface area contributed by atoms with Gasteiger partial charge in [-0.2, -0.15) is 0 Å². The lowest BCUT2D eigenvalue weighted by molar-refractivity contribution is 0.645. The minimum absolute atomic E-state index is 0.830. The number of furan rings is 1. The van der Waals surface area contributed by atoms with Crippen molar-refractivity contribution in [3.05, 3.63) is 164 Å². The largest absolute Gasteiger partial charge is 0.439 e. The van der Waals surface area contributed by atoms with Crippen molar-refractivity contribution in [2.45, 2.75) is 0 Å². The Morgan fingerprint density at radius 3 is 1.76 bits per heavy atom. The van der Waals surface area contributed by atoms with Crippen molar-refractivity contribution in [1.82, 2.24) is 23.1 Å². The summed E-state index contributed by atoms with van der Waals surface area (Å²) in [6, 6.07) is 58.1. The van der Waals surface area contributed by atoms with Gasteiger partial charge in [0.2, 0.25) is 11.5 Å². The molecule has 0 atom stereocenters. The smallest absolute Gasteiger partial charge is 0.220 e. The Hall–Kier alpha value is -7.05. The molecule has 5 heterocycles. The van der Waals surface area contributed by atoms with E-state index in [-0.39, 0.29) is 0 Å². The summed E-state index contributed by atoms with van der Waals surface area (Å²) < 4.78 is 15.9. The van der Waals surface area contributed by atoms with Gasteiger partial charge in [0.1, 0.15) is 5.58 Å². The SMILES string of the molecule is c1cc(-n2c3ccc(-n4c5ccccc5c5ccccc54)cc3c3c4ccccc4oc32)cc(-n2c3ccccc3n3c4ccccc4nc23)c1. The van der Waals surface area contributed by atoms with E-state index in [2.05, 4.69) is 170 Å². The molecular formula is C45H27N5O. The highest BCUT2D eigenvalue weighted by molar-refractivity contribution is 6.20. The predicted molar refractivity (Wildman–Crippen MR) is 208 cm³/mol. The average molecular weight is 654 g/mol. The van der Waals surface area contributed by atoms with Crippen molar-refractivity contribution in [3.63, 3.8) is 0 Å². The molecule has 0 saturated heterocycles. The lowest BCUT2D eigenvalue weighted by Crippen LogP contribution is -1.99. The van der Waals surface area contributed by atoms with Crippen LogP contribution in [0.3, 0.4) is 0 Å². The maximum atomic E-state index is 6.74. The molecule has 0 unspecified atom stereocenters. The molecule has 0 bridgehead atoms. The topological polar surface area (TPSA) is 45.2 Å². The molecule has 7 aromatic carbocycles. The maximum Gasteiger partial charge on any atom is 0.220 e. The van der Waals surface area contributed by atoms with Crippen molar-refractivity contribution < 1.29 is 4.42 Å². The van der Waals surface area contributed by atoms with E-state index >= 15 is 0 Å². The summed E-state index contributed by atoms with van der Waals surface area (Å²) >= 11 is 0. The molecule has 238 valence electrons. The van der Waals surface area contributed by atoms with Gasteiger partial charge < -0.3 is 8.98 Å². The number of hydrogen-bond donors (Lipinski definition) is 0. The lowest BCUT2D eigenvalue weighted by atomic mass is 10.1. The van der Waals surface area contributed by atoms with Crippen molar-refractivity contribution in [2.24, 2.45) is 0 Å². The molecule has 0 aliphatic heterocycles. The molecule has 0 spiro atoms. The van der Waals surface area contributed by atoms with Gasteiger partial charge >= 0.3 is 0 Å². The molecule has 6 heteroatoms. The van der Waals surface area contributed by atoms with Crippen molar-refractivity contribution in [2.75, 3.05) is 0 Å². The zero-order valence-electron chi connectivity index (χ0n) is 27.2. The van der Waals surface area contributed by atoms with E-state index in [4.69, 9.17) is 9.40 Å². The maximum absolute atomic E-state index is 6.74. The van der Waals surface area contributed by atoms with Gasteiger partial charge in [-0.1, -0.05) is 84.9 Å². The monoisotopic (exact) mass is 653 g/mol. The summed E-state index contributed by atoms with van der Waals surface area (Å²) in [7, 11) is 0. The Labute approximate surface area is 290 Å². The first-order valence-corrected chi connectivity index (χ1v) is 17.2. The van der Waals surface area contributed by atoms with E-state index in [1.807, 2.05) is 12.1 Å². The molecule has 0 radical (unpaired) electrons. The van der Waals surface area contributed by atoms with Crippen molar-refractivity contribution in [3.8, 4) is 17.1 Å². The van der Waals surface area contributed by atoms with Gasteiger partial charge in [0.15, 0.2) is 0 Å². The highest BCUT2D eigenvalue weighted by Gasteiger charge is 2.22. The van der Waals surface area contributed by atoms with E-state index in [0.717, 1.165) is 77.9 Å². The number of nitrogens with zero attached hydrogens (tertiary/aromatic N) is 5. The molecule has 0 amide bonds. The van der Waals surface area contributed by atoms with Crippen LogP contribution >= 0.6 is 0 Å². The standard InChI is InChI=1S/C45H27N5O/c1-5-18-36-31(14-1)32-15-2-6-19-37(32)47(36)30-24-25-38-34(27-30)43-33-16-3-10-23-42(33)51-44(43)48(38)28-12-11-13-29(26-28)49-40-21-8-9-22-41(40)50-39-20-7-4-17-35(39)46-45(49)50/h1-27H. The molecule has 12 rings (SSSR count). The van der Waals surface area contributed by atoms with Crippen LogP contribution in [0.5, 0.6) is 0 Å². The summed E-state index contributed by atoms with van der Waals surface area (Å²) in [6.45, 7) is 0. The lowest BCUT2D eigenvalue weighted by Gasteiger charge is -2.12. The third-order valence-corrected chi connectivity index (χ3v) is 10.6. The number of rotatable bonds is 3. The van der Waals surface area contributed by atoms with Crippen LogP contribution in [0.25, 0.3) is 99.7 Å². The average Bonchev–Trinajstić information content (AvgIpc) is 3.97. The molecule has 12 aromatic rings. The van der Waals surface area contributed by atoms with Gasteiger partial charge in [-0.3, -0.25) is 13.5 Å². The Morgan fingerprint density at radius 2 is 0.980 bits per heavy atom. The number of fused-ring (bicyclic) bond motifs is 13. The van der Waals surface area contributed by atoms with Crippen LogP contribution in [0.2, 0.25) is 0 Å². The highest BCUT2D eigenvalue weighted by Crippen LogP contribution is 2.41. The van der Waals surface area contributed by atoms with Crippen LogP contribution in [-0.2, 0) is 0 Å². The normalized spacial score (nSPS) is 12.3. The molecule has 5 aromatic heterocycles. The molecule has 6 nitrogen and oxygen atoms in total. The Bertz CT molecular complexity index is 3330. The minimum atomic E-state index is 0.830. The summed E-state index contributed by atoms with van der Waals surface area (Å²) in [5, 5.41) is 5.86. The summed E-state index contributed by atoms with van der Waals surface area (Å²) in [6.07, 6.45) is 0. The van der Waals surface area contributed by atoms with Gasteiger partial charge in [-0.05, 0) is 78.9 Å². The van der Waals surface area contributed by atoms with Crippen LogP contribution in [-0.4, -0.2) is 23.1 Å². The number of para-hydroxylation sites is 7. The van der Waals surface area contributed by atoms with Crippen molar-refractivity contribution in [1.29, 1.82) is 0 Å². The van der Waals surface area contributed by atoms with E-state index in [9.17, 15) is 0 Å². The van der Waals surface area contributed by atoms with E-state index in [1.165, 1.54) is 21.8 Å². The van der Waals surface area contributed by atoms with Crippen LogP contribution in [0.4, 0.5) is 0 Å². The van der Waals surface area contributed by atoms with Gasteiger partial charge in [-0.25, -0.2) is 4.98 Å². The Kier molecular flexibility index (Phi) is 5.14. The minimum Gasteiger partial charge on any atom is -0.439 e. The summed E-state index contributed by atoms with van der Waals surface area (Å²) in [5.74, 6) is 0.886. The molecule has 0 aliphatic carbocycles. The number of hydrogen-bond acceptors (Lipinski definition) is 2. The molecule has 0 aliphatic rings. The van der Waals surface area contributed by atoms with Gasteiger partial charge in [0.25, 0.3) is 0 Å². The van der Waals surface area contributed by atoms with Crippen LogP contribution in [0, 0.1) is 0 Å². The second-order valence-electron chi connectivity index (χ2n) is 13.3. The molecule has 0 N–H and O–H groups in total. The van der Waals surface area contributed by atoms with Crippen molar-refractivity contribution >= 4 is 82.6 Å². The zero-order valence-corrected chi connectivity index (χ0v) is 27.2. The third-order valence-electron chi connectivity index (χ3n) is 10.6. The van der Waals surface area contributed by atoms with Gasteiger partial charge in [-0.15, -0.1) is 0 Å². The van der Waals surface area contributed by atoms with E-state index in [0.29, 0.717) is 0 Å². The Morgan fingerprint density at radius 1 is 0.392 bits per heavy atom. The number of benzene rings is 7. The first kappa shape index (κ1) is 26.9. The zero-order chi connectivity index (χ0) is 33.2. The first-order valence-electron chi connectivity index (χ1n) is 17.2. The highest BCUT2D eigenvalue weighted by atomic mass is 16.3. The van der Waals surface area contributed by atoms with E-state index in [1.54, 1.807) is 0 Å². The summed E-state index contributed by atoms with van der Waals surface area (Å²) in [4.78, 5) is 5.13. The van der Waals surface area contributed by atoms with Gasteiger partial charge in [0.05, 0.1) is 55.4 Å².